The lowest BCUT2D eigenvalue weighted by molar-refractivity contribution is -0.129. The molecule has 9 nitrogen and oxygen atoms in total. The molecule has 1 aliphatic rings. The summed E-state index contributed by atoms with van der Waals surface area (Å²) in [6.07, 6.45) is 1.79. The van der Waals surface area contributed by atoms with Gasteiger partial charge >= 0.3 is 0 Å². The number of hydrogen-bond acceptors (Lipinski definition) is 8. The molecule has 9 heteroatoms. The van der Waals surface area contributed by atoms with Crippen molar-refractivity contribution in [2.75, 3.05) is 27.4 Å². The summed E-state index contributed by atoms with van der Waals surface area (Å²) >= 11 is 0. The largest absolute Gasteiger partial charge is 0.497 e. The molecule has 3 aromatic carbocycles. The van der Waals surface area contributed by atoms with Crippen molar-refractivity contribution in [2.24, 2.45) is 4.99 Å². The second-order valence-corrected chi connectivity index (χ2v) is 9.18. The average Bonchev–Trinajstić information content (AvgIpc) is 3.39. The summed E-state index contributed by atoms with van der Waals surface area (Å²) in [4.78, 5) is 18.7. The SMILES string of the molecule is C=CC[C@]1(C(=O)NNCc2ccc(OC)cc2OC)N=C(c2ccc(OCCCO)cc2)O[C@H]1c1ccccc1. The van der Waals surface area contributed by atoms with E-state index >= 15 is 0 Å². The van der Waals surface area contributed by atoms with E-state index < -0.39 is 11.6 Å². The van der Waals surface area contributed by atoms with Crippen molar-refractivity contribution in [3.8, 4) is 17.2 Å². The van der Waals surface area contributed by atoms with Crippen molar-refractivity contribution < 1.29 is 28.8 Å². The monoisotopic (exact) mass is 545 g/mol. The van der Waals surface area contributed by atoms with Crippen LogP contribution in [-0.4, -0.2) is 49.9 Å². The van der Waals surface area contributed by atoms with Crippen molar-refractivity contribution in [1.82, 2.24) is 10.9 Å². The van der Waals surface area contributed by atoms with Gasteiger partial charge in [-0.3, -0.25) is 10.2 Å². The first-order valence-corrected chi connectivity index (χ1v) is 13.0. The zero-order valence-corrected chi connectivity index (χ0v) is 22.8. The molecule has 0 spiro atoms. The topological polar surface area (TPSA) is 111 Å². The Balaban J connectivity index is 1.59. The van der Waals surface area contributed by atoms with Gasteiger partial charge in [-0.1, -0.05) is 42.5 Å². The normalized spacial score (nSPS) is 17.9. The summed E-state index contributed by atoms with van der Waals surface area (Å²) in [5.41, 5.74) is 6.93. The Bertz CT molecular complexity index is 1310. The molecule has 1 aliphatic heterocycles. The lowest BCUT2D eigenvalue weighted by Gasteiger charge is -2.29. The number of rotatable bonds is 14. The first-order chi connectivity index (χ1) is 19.5. The molecular formula is C31H35N3O6. The number of aliphatic hydroxyl groups is 1. The third-order valence-corrected chi connectivity index (χ3v) is 6.56. The van der Waals surface area contributed by atoms with Gasteiger partial charge in [-0.15, -0.1) is 6.58 Å². The minimum Gasteiger partial charge on any atom is -0.497 e. The van der Waals surface area contributed by atoms with Gasteiger partial charge in [0.2, 0.25) is 5.90 Å². The van der Waals surface area contributed by atoms with Crippen LogP contribution in [0, 0.1) is 0 Å². The first kappa shape index (κ1) is 28.7. The number of benzene rings is 3. The van der Waals surface area contributed by atoms with Crippen molar-refractivity contribution in [1.29, 1.82) is 0 Å². The molecule has 0 fully saturated rings. The van der Waals surface area contributed by atoms with Crippen molar-refractivity contribution in [3.63, 3.8) is 0 Å². The molecule has 3 N–H and O–H groups in total. The number of carbonyl (C=O) groups is 1. The quantitative estimate of drug-likeness (QED) is 0.159. The van der Waals surface area contributed by atoms with Crippen LogP contribution in [0.2, 0.25) is 0 Å². The highest BCUT2D eigenvalue weighted by atomic mass is 16.5. The fourth-order valence-electron chi connectivity index (χ4n) is 4.49. The van der Waals surface area contributed by atoms with Crippen molar-refractivity contribution >= 4 is 11.8 Å². The van der Waals surface area contributed by atoms with Crippen LogP contribution < -0.4 is 25.1 Å². The molecule has 40 heavy (non-hydrogen) atoms. The van der Waals surface area contributed by atoms with Crippen LogP contribution >= 0.6 is 0 Å². The van der Waals surface area contributed by atoms with Gasteiger partial charge in [0, 0.05) is 43.2 Å². The number of nitrogens with one attached hydrogen (secondary N) is 2. The van der Waals surface area contributed by atoms with E-state index in [0.29, 0.717) is 48.3 Å². The Kier molecular flexibility index (Phi) is 9.77. The highest BCUT2D eigenvalue weighted by molar-refractivity contribution is 6.01. The molecule has 0 saturated carbocycles. The highest BCUT2D eigenvalue weighted by Crippen LogP contribution is 2.42. The molecule has 0 bridgehead atoms. The summed E-state index contributed by atoms with van der Waals surface area (Å²) in [5.74, 6) is 1.98. The Morgan fingerprint density at radius 3 is 2.50 bits per heavy atom. The molecular weight excluding hydrogens is 510 g/mol. The molecule has 0 unspecified atom stereocenters. The average molecular weight is 546 g/mol. The van der Waals surface area contributed by atoms with Gasteiger partial charge in [0.15, 0.2) is 11.6 Å². The fourth-order valence-corrected chi connectivity index (χ4v) is 4.49. The number of hydrogen-bond donors (Lipinski definition) is 3. The lowest BCUT2D eigenvalue weighted by Crippen LogP contribution is -2.52. The minimum atomic E-state index is -1.30. The van der Waals surface area contributed by atoms with Gasteiger partial charge in [-0.2, -0.15) is 0 Å². The molecule has 0 saturated heterocycles. The highest BCUT2D eigenvalue weighted by Gasteiger charge is 2.52. The molecule has 3 aromatic rings. The maximum atomic E-state index is 13.9. The zero-order chi connectivity index (χ0) is 28.4. The number of amides is 1. The van der Waals surface area contributed by atoms with Crippen molar-refractivity contribution in [3.05, 3.63) is 102 Å². The summed E-state index contributed by atoms with van der Waals surface area (Å²) < 4.78 is 22.8. The molecule has 1 amide bonds. The van der Waals surface area contributed by atoms with E-state index in [-0.39, 0.29) is 18.9 Å². The lowest BCUT2D eigenvalue weighted by atomic mass is 9.84. The Labute approximate surface area is 234 Å². The Morgan fingerprint density at radius 1 is 1.07 bits per heavy atom. The molecule has 210 valence electrons. The standard InChI is InChI=1S/C31H35N3O6/c1-4-17-31(30(36)34-32-21-24-13-16-26(37-2)20-27(24)38-3)28(22-9-6-5-7-10-22)40-29(33-31)23-11-14-25(15-12-23)39-19-8-18-35/h4-7,9-16,20,28,32,35H,1,8,17-19,21H2,2-3H3,(H,34,36)/t28-,31-/m0/s1. The Hall–Kier alpha value is -4.34. The van der Waals surface area contributed by atoms with Gasteiger partial charge in [0.05, 0.1) is 20.8 Å². The van der Waals surface area contributed by atoms with Crippen LogP contribution in [0.4, 0.5) is 0 Å². The van der Waals surface area contributed by atoms with Crippen molar-refractivity contribution in [2.45, 2.75) is 31.0 Å². The summed E-state index contributed by atoms with van der Waals surface area (Å²) in [6, 6.07) is 22.3. The molecule has 4 rings (SSSR count). The molecule has 0 aromatic heterocycles. The van der Waals surface area contributed by atoms with Crippen LogP contribution in [0.25, 0.3) is 0 Å². The third kappa shape index (κ3) is 6.44. The van der Waals surface area contributed by atoms with Gasteiger partial charge in [-0.25, -0.2) is 10.4 Å². The molecule has 1 heterocycles. The van der Waals surface area contributed by atoms with Gasteiger partial charge < -0.3 is 24.1 Å². The number of ether oxygens (including phenoxy) is 4. The molecule has 0 aliphatic carbocycles. The van der Waals surface area contributed by atoms with E-state index in [1.807, 2.05) is 66.7 Å². The number of aliphatic imine (C=N–C) groups is 1. The maximum absolute atomic E-state index is 13.9. The summed E-state index contributed by atoms with van der Waals surface area (Å²) in [5, 5.41) is 8.98. The number of methoxy groups -OCH3 is 2. The van der Waals surface area contributed by atoms with Gasteiger partial charge in [0.25, 0.3) is 5.91 Å². The van der Waals surface area contributed by atoms with Gasteiger partial charge in [-0.05, 0) is 35.9 Å². The van der Waals surface area contributed by atoms with Gasteiger partial charge in [0.1, 0.15) is 17.2 Å². The minimum absolute atomic E-state index is 0.0690. The van der Waals surface area contributed by atoms with E-state index in [4.69, 9.17) is 29.0 Å². The number of hydrazine groups is 1. The second kappa shape index (κ2) is 13.6. The van der Waals surface area contributed by atoms with E-state index in [1.54, 1.807) is 26.4 Å². The summed E-state index contributed by atoms with van der Waals surface area (Å²) in [7, 11) is 3.18. The predicted molar refractivity (Wildman–Crippen MR) is 153 cm³/mol. The van der Waals surface area contributed by atoms with E-state index in [9.17, 15) is 4.79 Å². The van der Waals surface area contributed by atoms with Crippen LogP contribution in [0.3, 0.4) is 0 Å². The number of nitrogens with zero attached hydrogens (tertiary/aromatic N) is 1. The Morgan fingerprint density at radius 2 is 1.82 bits per heavy atom. The summed E-state index contributed by atoms with van der Waals surface area (Å²) in [6.45, 7) is 4.70. The van der Waals surface area contributed by atoms with Crippen LogP contribution in [0.15, 0.2) is 90.4 Å². The van der Waals surface area contributed by atoms with E-state index in [1.165, 1.54) is 0 Å². The van der Waals surface area contributed by atoms with Crippen LogP contribution in [0.5, 0.6) is 17.2 Å². The number of aliphatic hydroxyl groups excluding tert-OH is 1. The zero-order valence-electron chi connectivity index (χ0n) is 22.8. The van der Waals surface area contributed by atoms with E-state index in [0.717, 1.165) is 11.1 Å². The van der Waals surface area contributed by atoms with E-state index in [2.05, 4.69) is 17.4 Å². The first-order valence-electron chi connectivity index (χ1n) is 13.0. The maximum Gasteiger partial charge on any atom is 0.266 e. The predicted octanol–water partition coefficient (Wildman–Crippen LogP) is 4.12. The second-order valence-electron chi connectivity index (χ2n) is 9.18. The molecule has 0 radical (unpaired) electrons. The number of carbonyl (C=O) groups excluding carboxylic acids is 1. The third-order valence-electron chi connectivity index (χ3n) is 6.56. The van der Waals surface area contributed by atoms with Crippen LogP contribution in [-0.2, 0) is 16.1 Å². The smallest absolute Gasteiger partial charge is 0.266 e. The van der Waals surface area contributed by atoms with Crippen LogP contribution in [0.1, 0.15) is 35.6 Å². The fraction of sp³-hybridized carbons (Fsp3) is 0.290. The molecule has 2 atom stereocenters.